The largest absolute Gasteiger partial charge is 0.399 e. The Hall–Kier alpha value is -1.94. The van der Waals surface area contributed by atoms with E-state index in [9.17, 15) is 4.79 Å². The Kier molecular flexibility index (Phi) is 5.28. The maximum Gasteiger partial charge on any atom is 0.234 e. The van der Waals surface area contributed by atoms with E-state index in [1.54, 1.807) is 0 Å². The van der Waals surface area contributed by atoms with Crippen LogP contribution in [0.2, 0.25) is 0 Å². The van der Waals surface area contributed by atoms with Crippen LogP contribution in [0.3, 0.4) is 0 Å². The minimum atomic E-state index is 0.00456. The van der Waals surface area contributed by atoms with Crippen molar-refractivity contribution in [2.45, 2.75) is 24.7 Å². The van der Waals surface area contributed by atoms with Crippen LogP contribution in [0.25, 0.3) is 0 Å². The van der Waals surface area contributed by atoms with Crippen molar-refractivity contribution < 1.29 is 4.79 Å². The summed E-state index contributed by atoms with van der Waals surface area (Å²) in [4.78, 5) is 13.1. The summed E-state index contributed by atoms with van der Waals surface area (Å²) < 4.78 is 0. The van der Waals surface area contributed by atoms with Crippen molar-refractivity contribution in [1.29, 1.82) is 0 Å². The predicted molar refractivity (Wildman–Crippen MR) is 90.7 cm³/mol. The van der Waals surface area contributed by atoms with Crippen LogP contribution in [0.5, 0.6) is 0 Å². The van der Waals surface area contributed by atoms with Gasteiger partial charge in [0.1, 0.15) is 0 Å². The van der Waals surface area contributed by atoms with Gasteiger partial charge in [-0.15, -0.1) is 11.8 Å². The Bertz CT molecular complexity index is 608. The number of benzene rings is 2. The topological polar surface area (TPSA) is 55.1 Å². The molecule has 0 aliphatic carbocycles. The summed E-state index contributed by atoms with van der Waals surface area (Å²) in [6.45, 7) is 4.24. The van der Waals surface area contributed by atoms with E-state index < -0.39 is 0 Å². The maximum atomic E-state index is 12.1. The lowest BCUT2D eigenvalue weighted by molar-refractivity contribution is -0.113. The van der Waals surface area contributed by atoms with Crippen molar-refractivity contribution in [3.05, 3.63) is 54.1 Å². The smallest absolute Gasteiger partial charge is 0.234 e. The van der Waals surface area contributed by atoms with E-state index in [4.69, 9.17) is 5.73 Å². The van der Waals surface area contributed by atoms with Crippen LogP contribution in [0.15, 0.2) is 53.4 Å². The summed E-state index contributed by atoms with van der Waals surface area (Å²) in [6, 6.07) is 15.5. The highest BCUT2D eigenvalue weighted by molar-refractivity contribution is 8.00. The minimum absolute atomic E-state index is 0.00456. The highest BCUT2D eigenvalue weighted by atomic mass is 32.2. The molecule has 2 aromatic carbocycles. The molecule has 0 aliphatic heterocycles. The quantitative estimate of drug-likeness (QED) is 0.645. The number of para-hydroxylation sites is 1. The van der Waals surface area contributed by atoms with E-state index in [2.05, 4.69) is 19.2 Å². The molecule has 0 bridgehead atoms. The predicted octanol–water partition coefficient (Wildman–Crippen LogP) is 4.12. The Morgan fingerprint density at radius 3 is 2.48 bits per heavy atom. The monoisotopic (exact) mass is 300 g/mol. The molecule has 0 saturated heterocycles. The minimum Gasteiger partial charge on any atom is -0.399 e. The number of nitrogens with two attached hydrogens (primary N) is 1. The van der Waals surface area contributed by atoms with Gasteiger partial charge in [-0.1, -0.05) is 32.0 Å². The van der Waals surface area contributed by atoms with Gasteiger partial charge in [0, 0.05) is 16.3 Å². The van der Waals surface area contributed by atoms with Crippen LogP contribution in [-0.4, -0.2) is 11.7 Å². The first kappa shape index (κ1) is 15.4. The standard InChI is InChI=1S/C17H20N2OS/c1-12(2)15-5-3-4-6-16(15)19-17(20)11-21-14-9-7-13(18)8-10-14/h3-10,12H,11,18H2,1-2H3,(H,19,20). The second-order valence-corrected chi connectivity index (χ2v) is 6.20. The Morgan fingerprint density at radius 1 is 1.14 bits per heavy atom. The van der Waals surface area contributed by atoms with E-state index in [1.165, 1.54) is 11.8 Å². The number of nitrogens with one attached hydrogen (secondary N) is 1. The summed E-state index contributed by atoms with van der Waals surface area (Å²) in [5.74, 6) is 0.771. The van der Waals surface area contributed by atoms with Crippen molar-refractivity contribution in [1.82, 2.24) is 0 Å². The molecule has 110 valence electrons. The molecule has 0 heterocycles. The first-order chi connectivity index (χ1) is 10.1. The number of carbonyl (C=O) groups is 1. The van der Waals surface area contributed by atoms with Gasteiger partial charge in [-0.2, -0.15) is 0 Å². The lowest BCUT2D eigenvalue weighted by Gasteiger charge is -2.13. The number of hydrogen-bond acceptors (Lipinski definition) is 3. The van der Waals surface area contributed by atoms with Crippen molar-refractivity contribution in [3.8, 4) is 0 Å². The molecule has 0 atom stereocenters. The third-order valence-corrected chi connectivity index (χ3v) is 4.12. The summed E-state index contributed by atoms with van der Waals surface area (Å²) in [6.07, 6.45) is 0. The first-order valence-electron chi connectivity index (χ1n) is 6.93. The molecule has 2 aromatic rings. The number of amides is 1. The van der Waals surface area contributed by atoms with E-state index in [0.29, 0.717) is 11.7 Å². The maximum absolute atomic E-state index is 12.1. The van der Waals surface area contributed by atoms with Crippen LogP contribution in [-0.2, 0) is 4.79 Å². The van der Waals surface area contributed by atoms with Gasteiger partial charge in [0.25, 0.3) is 0 Å². The van der Waals surface area contributed by atoms with Crippen LogP contribution in [0.4, 0.5) is 11.4 Å². The summed E-state index contributed by atoms with van der Waals surface area (Å²) in [5, 5.41) is 2.99. The van der Waals surface area contributed by atoms with E-state index >= 15 is 0 Å². The number of carbonyl (C=O) groups excluding carboxylic acids is 1. The molecular weight excluding hydrogens is 280 g/mol. The molecule has 0 aliphatic rings. The summed E-state index contributed by atoms with van der Waals surface area (Å²) >= 11 is 1.50. The summed E-state index contributed by atoms with van der Waals surface area (Å²) in [5.41, 5.74) is 8.43. The lowest BCUT2D eigenvalue weighted by atomic mass is 10.0. The molecule has 21 heavy (non-hydrogen) atoms. The van der Waals surface area contributed by atoms with Gasteiger partial charge >= 0.3 is 0 Å². The molecule has 0 saturated carbocycles. The SMILES string of the molecule is CC(C)c1ccccc1NC(=O)CSc1ccc(N)cc1. The molecule has 4 heteroatoms. The normalized spacial score (nSPS) is 10.6. The second-order valence-electron chi connectivity index (χ2n) is 5.15. The molecule has 0 radical (unpaired) electrons. The molecule has 0 fully saturated rings. The van der Waals surface area contributed by atoms with Gasteiger partial charge < -0.3 is 11.1 Å². The Morgan fingerprint density at radius 2 is 1.81 bits per heavy atom. The van der Waals surface area contributed by atoms with E-state index in [1.807, 2.05) is 48.5 Å². The summed E-state index contributed by atoms with van der Waals surface area (Å²) in [7, 11) is 0. The Labute approximate surface area is 129 Å². The van der Waals surface area contributed by atoms with Gasteiger partial charge in [-0.05, 0) is 41.8 Å². The van der Waals surface area contributed by atoms with Crippen molar-refractivity contribution in [2.24, 2.45) is 0 Å². The van der Waals surface area contributed by atoms with Gasteiger partial charge in [0.2, 0.25) is 5.91 Å². The van der Waals surface area contributed by atoms with Crippen LogP contribution in [0, 0.1) is 0 Å². The van der Waals surface area contributed by atoms with Crippen molar-refractivity contribution in [3.63, 3.8) is 0 Å². The van der Waals surface area contributed by atoms with E-state index in [-0.39, 0.29) is 5.91 Å². The average Bonchev–Trinajstić information content (AvgIpc) is 2.47. The highest BCUT2D eigenvalue weighted by Crippen LogP contribution is 2.24. The van der Waals surface area contributed by atoms with Crippen LogP contribution in [0.1, 0.15) is 25.3 Å². The molecular formula is C17H20N2OS. The fourth-order valence-electron chi connectivity index (χ4n) is 2.01. The van der Waals surface area contributed by atoms with Crippen molar-refractivity contribution in [2.75, 3.05) is 16.8 Å². The zero-order valence-corrected chi connectivity index (χ0v) is 13.1. The van der Waals surface area contributed by atoms with Crippen LogP contribution < -0.4 is 11.1 Å². The van der Waals surface area contributed by atoms with Gasteiger partial charge in [0.15, 0.2) is 0 Å². The number of thioether (sulfide) groups is 1. The van der Waals surface area contributed by atoms with Crippen LogP contribution >= 0.6 is 11.8 Å². The fourth-order valence-corrected chi connectivity index (χ4v) is 2.71. The number of rotatable bonds is 5. The average molecular weight is 300 g/mol. The number of anilines is 2. The number of hydrogen-bond donors (Lipinski definition) is 2. The zero-order valence-electron chi connectivity index (χ0n) is 12.3. The molecule has 3 nitrogen and oxygen atoms in total. The van der Waals surface area contributed by atoms with Gasteiger partial charge in [0.05, 0.1) is 5.75 Å². The molecule has 2 rings (SSSR count). The molecule has 0 unspecified atom stereocenters. The van der Waals surface area contributed by atoms with Gasteiger partial charge in [-0.3, -0.25) is 4.79 Å². The fraction of sp³-hybridized carbons (Fsp3) is 0.235. The first-order valence-corrected chi connectivity index (χ1v) is 7.92. The molecule has 0 spiro atoms. The molecule has 0 aromatic heterocycles. The third-order valence-electron chi connectivity index (χ3n) is 3.11. The zero-order chi connectivity index (χ0) is 15.2. The molecule has 3 N–H and O–H groups in total. The van der Waals surface area contributed by atoms with E-state index in [0.717, 1.165) is 21.8 Å². The Balaban J connectivity index is 1.94. The van der Waals surface area contributed by atoms with Crippen molar-refractivity contribution >= 4 is 29.0 Å². The van der Waals surface area contributed by atoms with Gasteiger partial charge in [-0.25, -0.2) is 0 Å². The third kappa shape index (κ3) is 4.53. The number of nitrogen functional groups attached to an aromatic ring is 1. The molecule has 1 amide bonds. The highest BCUT2D eigenvalue weighted by Gasteiger charge is 2.09. The lowest BCUT2D eigenvalue weighted by Crippen LogP contribution is -2.15. The second kappa shape index (κ2) is 7.18.